The summed E-state index contributed by atoms with van der Waals surface area (Å²) in [6, 6.07) is 7.12. The molecular formula is C11H16N2O2S2. The van der Waals surface area contributed by atoms with E-state index in [9.17, 15) is 8.42 Å². The fourth-order valence-electron chi connectivity index (χ4n) is 1.52. The number of anilines is 1. The molecule has 1 aromatic carbocycles. The lowest BCUT2D eigenvalue weighted by Crippen LogP contribution is -2.37. The maximum atomic E-state index is 12.0. The van der Waals surface area contributed by atoms with Crippen LogP contribution in [-0.2, 0) is 10.0 Å². The van der Waals surface area contributed by atoms with E-state index in [4.69, 9.17) is 18.0 Å². The van der Waals surface area contributed by atoms with Gasteiger partial charge in [0.25, 0.3) is 0 Å². The van der Waals surface area contributed by atoms with Crippen LogP contribution in [0.5, 0.6) is 0 Å². The van der Waals surface area contributed by atoms with Gasteiger partial charge in [0.15, 0.2) is 0 Å². The van der Waals surface area contributed by atoms with E-state index in [2.05, 4.69) is 4.72 Å². The van der Waals surface area contributed by atoms with Gasteiger partial charge in [0.05, 0.1) is 4.99 Å². The summed E-state index contributed by atoms with van der Waals surface area (Å²) in [5, 5.41) is -0.835. The third-order valence-corrected chi connectivity index (χ3v) is 4.63. The van der Waals surface area contributed by atoms with Gasteiger partial charge in [0, 0.05) is 5.69 Å². The quantitative estimate of drug-likeness (QED) is 0.802. The number of rotatable bonds is 5. The summed E-state index contributed by atoms with van der Waals surface area (Å²) in [6.07, 6.45) is 0.358. The largest absolute Gasteiger partial charge is 0.392 e. The lowest BCUT2D eigenvalue weighted by atomic mass is 10.2. The molecule has 6 heteroatoms. The van der Waals surface area contributed by atoms with Crippen molar-refractivity contribution in [2.75, 3.05) is 4.72 Å². The number of benzene rings is 1. The van der Waals surface area contributed by atoms with Crippen molar-refractivity contribution in [1.82, 2.24) is 0 Å². The van der Waals surface area contributed by atoms with Crippen molar-refractivity contribution >= 4 is 32.9 Å². The van der Waals surface area contributed by atoms with Crippen LogP contribution in [-0.4, -0.2) is 18.7 Å². The Morgan fingerprint density at radius 3 is 2.65 bits per heavy atom. The highest BCUT2D eigenvalue weighted by atomic mass is 32.2. The first kappa shape index (κ1) is 13.9. The molecule has 0 fully saturated rings. The third-order valence-electron chi connectivity index (χ3n) is 2.34. The molecule has 1 atom stereocenters. The first-order chi connectivity index (χ1) is 7.86. The number of aryl methyl sites for hydroxylation is 1. The molecule has 1 aromatic rings. The monoisotopic (exact) mass is 272 g/mol. The molecule has 4 nitrogen and oxygen atoms in total. The van der Waals surface area contributed by atoms with Crippen LogP contribution in [0.1, 0.15) is 18.9 Å². The predicted molar refractivity (Wildman–Crippen MR) is 74.6 cm³/mol. The number of nitrogens with two attached hydrogens (primary N) is 1. The molecule has 0 radical (unpaired) electrons. The van der Waals surface area contributed by atoms with Gasteiger partial charge < -0.3 is 5.73 Å². The van der Waals surface area contributed by atoms with Crippen molar-refractivity contribution in [3.8, 4) is 0 Å². The van der Waals surface area contributed by atoms with Crippen molar-refractivity contribution in [3.05, 3.63) is 29.8 Å². The molecule has 17 heavy (non-hydrogen) atoms. The van der Waals surface area contributed by atoms with Crippen molar-refractivity contribution < 1.29 is 8.42 Å². The molecule has 3 N–H and O–H groups in total. The Kier molecular flexibility index (Phi) is 4.47. The zero-order chi connectivity index (χ0) is 13.1. The molecule has 0 bridgehead atoms. The van der Waals surface area contributed by atoms with Crippen LogP contribution in [0.3, 0.4) is 0 Å². The van der Waals surface area contributed by atoms with E-state index in [-0.39, 0.29) is 4.99 Å². The van der Waals surface area contributed by atoms with E-state index in [0.29, 0.717) is 12.1 Å². The molecule has 0 aromatic heterocycles. The topological polar surface area (TPSA) is 72.2 Å². The summed E-state index contributed by atoms with van der Waals surface area (Å²) in [7, 11) is -3.56. The highest BCUT2D eigenvalue weighted by Gasteiger charge is 2.26. The average Bonchev–Trinajstić information content (AvgIpc) is 2.16. The standard InChI is InChI=1S/C11H16N2O2S2/c1-3-10(11(12)16)17(14,15)13-9-6-4-5-8(2)7-9/h4-7,10,13H,3H2,1-2H3,(H2,12,16). The van der Waals surface area contributed by atoms with E-state index >= 15 is 0 Å². The Hall–Kier alpha value is -1.14. The molecule has 0 aliphatic heterocycles. The van der Waals surface area contributed by atoms with Gasteiger partial charge in [-0.15, -0.1) is 0 Å². The molecular weight excluding hydrogens is 256 g/mol. The lowest BCUT2D eigenvalue weighted by Gasteiger charge is -2.16. The summed E-state index contributed by atoms with van der Waals surface area (Å²) in [4.78, 5) is -0.00680. The summed E-state index contributed by atoms with van der Waals surface area (Å²) >= 11 is 4.76. The second-order valence-electron chi connectivity index (χ2n) is 3.82. The minimum absolute atomic E-state index is 0.00680. The second kappa shape index (κ2) is 5.46. The SMILES string of the molecule is CCC(C(N)=S)S(=O)(=O)Nc1cccc(C)c1. The fraction of sp³-hybridized carbons (Fsp3) is 0.364. The van der Waals surface area contributed by atoms with Crippen LogP contribution in [0.4, 0.5) is 5.69 Å². The Labute approximate surface area is 107 Å². The molecule has 0 saturated heterocycles. The number of sulfonamides is 1. The average molecular weight is 272 g/mol. The van der Waals surface area contributed by atoms with Crippen LogP contribution >= 0.6 is 12.2 Å². The summed E-state index contributed by atoms with van der Waals surface area (Å²) in [5.41, 5.74) is 6.94. The van der Waals surface area contributed by atoms with Crippen LogP contribution in [0.15, 0.2) is 24.3 Å². The minimum Gasteiger partial charge on any atom is -0.392 e. The molecule has 0 saturated carbocycles. The molecule has 0 spiro atoms. The molecule has 1 unspecified atom stereocenters. The molecule has 0 aliphatic rings. The van der Waals surface area contributed by atoms with E-state index in [1.54, 1.807) is 25.1 Å². The molecule has 0 aliphatic carbocycles. The normalized spacial score (nSPS) is 13.1. The predicted octanol–water partition coefficient (Wildman–Crippen LogP) is 1.80. The summed E-state index contributed by atoms with van der Waals surface area (Å²) in [5.74, 6) is 0. The number of hydrogen-bond donors (Lipinski definition) is 2. The Morgan fingerprint density at radius 2 is 2.18 bits per heavy atom. The minimum atomic E-state index is -3.56. The maximum absolute atomic E-state index is 12.0. The van der Waals surface area contributed by atoms with Crippen LogP contribution in [0, 0.1) is 6.92 Å². The van der Waals surface area contributed by atoms with Crippen molar-refractivity contribution in [2.45, 2.75) is 25.5 Å². The third kappa shape index (κ3) is 3.67. The fourth-order valence-corrected chi connectivity index (χ4v) is 3.41. The van der Waals surface area contributed by atoms with Gasteiger partial charge in [-0.05, 0) is 31.0 Å². The summed E-state index contributed by atoms with van der Waals surface area (Å²) in [6.45, 7) is 3.63. The van der Waals surface area contributed by atoms with Gasteiger partial charge in [-0.3, -0.25) is 4.72 Å². The van der Waals surface area contributed by atoms with E-state index in [1.807, 2.05) is 13.0 Å². The van der Waals surface area contributed by atoms with Gasteiger partial charge in [-0.1, -0.05) is 31.3 Å². The van der Waals surface area contributed by atoms with Gasteiger partial charge in [-0.2, -0.15) is 0 Å². The maximum Gasteiger partial charge on any atom is 0.242 e. The van der Waals surface area contributed by atoms with Crippen molar-refractivity contribution in [2.24, 2.45) is 5.73 Å². The van der Waals surface area contributed by atoms with Gasteiger partial charge in [-0.25, -0.2) is 8.42 Å². The first-order valence-electron chi connectivity index (χ1n) is 5.24. The molecule has 0 amide bonds. The van der Waals surface area contributed by atoms with Crippen LogP contribution in [0.25, 0.3) is 0 Å². The van der Waals surface area contributed by atoms with Gasteiger partial charge in [0.2, 0.25) is 10.0 Å². The van der Waals surface area contributed by atoms with Gasteiger partial charge in [0.1, 0.15) is 5.25 Å². The van der Waals surface area contributed by atoms with E-state index < -0.39 is 15.3 Å². The van der Waals surface area contributed by atoms with Crippen LogP contribution in [0.2, 0.25) is 0 Å². The number of nitrogens with one attached hydrogen (secondary N) is 1. The van der Waals surface area contributed by atoms with E-state index in [1.165, 1.54) is 0 Å². The van der Waals surface area contributed by atoms with Crippen molar-refractivity contribution in [1.29, 1.82) is 0 Å². The molecule has 0 heterocycles. The first-order valence-corrected chi connectivity index (χ1v) is 7.20. The van der Waals surface area contributed by atoms with E-state index in [0.717, 1.165) is 5.56 Å². The lowest BCUT2D eigenvalue weighted by molar-refractivity contribution is 0.594. The smallest absolute Gasteiger partial charge is 0.242 e. The zero-order valence-corrected chi connectivity index (χ0v) is 11.4. The Morgan fingerprint density at radius 1 is 1.53 bits per heavy atom. The Balaban J connectivity index is 2.97. The van der Waals surface area contributed by atoms with Gasteiger partial charge >= 0.3 is 0 Å². The second-order valence-corrected chi connectivity index (χ2v) is 6.15. The highest BCUT2D eigenvalue weighted by Crippen LogP contribution is 2.15. The zero-order valence-electron chi connectivity index (χ0n) is 9.80. The Bertz CT molecular complexity index is 512. The number of thiocarbonyl (C=S) groups is 1. The summed E-state index contributed by atoms with van der Waals surface area (Å²) < 4.78 is 26.5. The van der Waals surface area contributed by atoms with Crippen LogP contribution < -0.4 is 10.5 Å². The highest BCUT2D eigenvalue weighted by molar-refractivity contribution is 7.95. The number of hydrogen-bond acceptors (Lipinski definition) is 3. The molecule has 94 valence electrons. The van der Waals surface area contributed by atoms with Crippen molar-refractivity contribution in [3.63, 3.8) is 0 Å². The molecule has 1 rings (SSSR count).